The Labute approximate surface area is 171 Å². The number of hydrogen-bond donors (Lipinski definition) is 1. The Morgan fingerprint density at radius 1 is 0.964 bits per heavy atom. The minimum atomic E-state index is 0. The number of benzene rings is 1. The van der Waals surface area contributed by atoms with Gasteiger partial charge < -0.3 is 5.32 Å². The third kappa shape index (κ3) is 4.15. The number of carbonyl (C=O) groups excluding carboxylic acids is 1. The van der Waals surface area contributed by atoms with Crippen LogP contribution >= 0.6 is 12.4 Å². The Kier molecular flexibility index (Phi) is 6.61. The first-order chi connectivity index (χ1) is 13.4. The highest BCUT2D eigenvalue weighted by Gasteiger charge is 2.20. The highest BCUT2D eigenvalue weighted by molar-refractivity contribution is 5.92. The normalized spacial score (nSPS) is 12.4. The van der Waals surface area contributed by atoms with Crippen molar-refractivity contribution in [2.24, 2.45) is 0 Å². The smallest absolute Gasteiger partial charge is 0.218 e. The highest BCUT2D eigenvalue weighted by atomic mass is 35.5. The molecule has 6 heteroatoms. The third-order valence-corrected chi connectivity index (χ3v) is 4.99. The Bertz CT molecular complexity index is 933. The predicted molar refractivity (Wildman–Crippen MR) is 114 cm³/mol. The minimum absolute atomic E-state index is 0. The number of nitrogens with one attached hydrogen (secondary N) is 1. The van der Waals surface area contributed by atoms with Crippen LogP contribution in [0.4, 0.5) is 17.2 Å². The van der Waals surface area contributed by atoms with Gasteiger partial charge in [0.25, 0.3) is 0 Å². The van der Waals surface area contributed by atoms with Crippen LogP contribution < -0.4 is 10.2 Å². The number of aryl methyl sites for hydroxylation is 1. The van der Waals surface area contributed by atoms with Crippen molar-refractivity contribution in [1.82, 2.24) is 9.97 Å². The number of anilines is 3. The molecule has 0 unspecified atom stereocenters. The SMILES string of the molecule is Cl.O=CN(c1cccnc1NCc1ccncc1)c1cccc2c1CCCC2. The van der Waals surface area contributed by atoms with E-state index in [4.69, 9.17) is 0 Å². The zero-order valence-corrected chi connectivity index (χ0v) is 16.4. The number of pyridine rings is 2. The van der Waals surface area contributed by atoms with Crippen LogP contribution in [-0.2, 0) is 24.2 Å². The molecule has 4 rings (SSSR count). The standard InChI is InChI=1S/C22H22N4O.ClH/c27-16-26(20-8-3-6-18-5-1-2-7-19(18)20)21-9-4-12-24-22(21)25-15-17-10-13-23-14-11-17;/h3-4,6,8-14,16H,1-2,5,7,15H2,(H,24,25);1H. The summed E-state index contributed by atoms with van der Waals surface area (Å²) in [5.41, 5.74) is 5.46. The average Bonchev–Trinajstić information content (AvgIpc) is 2.74. The molecule has 3 aromatic rings. The van der Waals surface area contributed by atoms with Gasteiger partial charge in [0.2, 0.25) is 6.41 Å². The van der Waals surface area contributed by atoms with Gasteiger partial charge in [-0.3, -0.25) is 14.7 Å². The van der Waals surface area contributed by atoms with Crippen molar-refractivity contribution in [2.75, 3.05) is 10.2 Å². The van der Waals surface area contributed by atoms with Gasteiger partial charge in [-0.25, -0.2) is 4.98 Å². The van der Waals surface area contributed by atoms with E-state index in [1.807, 2.05) is 36.4 Å². The number of nitrogens with zero attached hydrogens (tertiary/aromatic N) is 3. The van der Waals surface area contributed by atoms with Gasteiger partial charge in [-0.05, 0) is 72.7 Å². The zero-order valence-electron chi connectivity index (χ0n) is 15.5. The summed E-state index contributed by atoms with van der Waals surface area (Å²) in [7, 11) is 0. The van der Waals surface area contributed by atoms with E-state index >= 15 is 0 Å². The molecule has 28 heavy (non-hydrogen) atoms. The lowest BCUT2D eigenvalue weighted by Crippen LogP contribution is -2.20. The molecule has 0 atom stereocenters. The molecule has 1 amide bonds. The van der Waals surface area contributed by atoms with Crippen LogP contribution in [0.5, 0.6) is 0 Å². The van der Waals surface area contributed by atoms with E-state index < -0.39 is 0 Å². The van der Waals surface area contributed by atoms with E-state index in [1.54, 1.807) is 23.5 Å². The summed E-state index contributed by atoms with van der Waals surface area (Å²) in [5, 5.41) is 3.35. The zero-order chi connectivity index (χ0) is 18.5. The molecule has 0 bridgehead atoms. The molecule has 2 aromatic heterocycles. The fourth-order valence-corrected chi connectivity index (χ4v) is 3.64. The number of fused-ring (bicyclic) bond motifs is 1. The molecule has 0 aliphatic heterocycles. The van der Waals surface area contributed by atoms with Crippen LogP contribution in [-0.4, -0.2) is 16.4 Å². The van der Waals surface area contributed by atoms with E-state index in [1.165, 1.54) is 17.5 Å². The Balaban J connectivity index is 0.00000225. The summed E-state index contributed by atoms with van der Waals surface area (Å²) in [6.07, 6.45) is 10.6. The fourth-order valence-electron chi connectivity index (χ4n) is 3.64. The van der Waals surface area contributed by atoms with Crippen molar-refractivity contribution < 1.29 is 4.79 Å². The number of halogens is 1. The number of rotatable bonds is 6. The lowest BCUT2D eigenvalue weighted by Gasteiger charge is -2.26. The Morgan fingerprint density at radius 3 is 2.57 bits per heavy atom. The third-order valence-electron chi connectivity index (χ3n) is 4.99. The maximum Gasteiger partial charge on any atom is 0.218 e. The van der Waals surface area contributed by atoms with Gasteiger partial charge >= 0.3 is 0 Å². The molecular weight excluding hydrogens is 372 g/mol. The lowest BCUT2D eigenvalue weighted by atomic mass is 9.90. The van der Waals surface area contributed by atoms with Crippen molar-refractivity contribution in [3.8, 4) is 0 Å². The number of amides is 1. The van der Waals surface area contributed by atoms with E-state index in [9.17, 15) is 4.79 Å². The number of hydrogen-bond acceptors (Lipinski definition) is 4. The Hall–Kier alpha value is -2.92. The van der Waals surface area contributed by atoms with Crippen LogP contribution in [0, 0.1) is 0 Å². The second kappa shape index (κ2) is 9.33. The molecule has 1 aliphatic carbocycles. The molecule has 0 saturated heterocycles. The Morgan fingerprint density at radius 2 is 1.75 bits per heavy atom. The van der Waals surface area contributed by atoms with Gasteiger partial charge in [0.05, 0.1) is 11.4 Å². The van der Waals surface area contributed by atoms with Crippen LogP contribution in [0.2, 0.25) is 0 Å². The summed E-state index contributed by atoms with van der Waals surface area (Å²) < 4.78 is 0. The minimum Gasteiger partial charge on any atom is -0.364 e. The van der Waals surface area contributed by atoms with E-state index in [0.717, 1.165) is 42.6 Å². The summed E-state index contributed by atoms with van der Waals surface area (Å²) in [6, 6.07) is 13.9. The van der Waals surface area contributed by atoms with Gasteiger partial charge in [0.1, 0.15) is 0 Å². The van der Waals surface area contributed by atoms with Gasteiger partial charge in [-0.2, -0.15) is 0 Å². The van der Waals surface area contributed by atoms with Crippen LogP contribution in [0.3, 0.4) is 0 Å². The van der Waals surface area contributed by atoms with E-state index in [2.05, 4.69) is 21.4 Å². The summed E-state index contributed by atoms with van der Waals surface area (Å²) in [5.74, 6) is 0.690. The molecule has 0 radical (unpaired) electrons. The predicted octanol–water partition coefficient (Wildman–Crippen LogP) is 4.68. The first-order valence-electron chi connectivity index (χ1n) is 9.30. The molecule has 1 aromatic carbocycles. The van der Waals surface area contributed by atoms with Crippen LogP contribution in [0.25, 0.3) is 0 Å². The van der Waals surface area contributed by atoms with Gasteiger partial charge in [-0.1, -0.05) is 12.1 Å². The molecular formula is C22H23ClN4O. The van der Waals surface area contributed by atoms with Crippen molar-refractivity contribution in [3.63, 3.8) is 0 Å². The summed E-state index contributed by atoms with van der Waals surface area (Å²) >= 11 is 0. The molecule has 0 spiro atoms. The van der Waals surface area contributed by atoms with Gasteiger partial charge in [0.15, 0.2) is 5.82 Å². The number of aromatic nitrogens is 2. The van der Waals surface area contributed by atoms with Crippen LogP contribution in [0.15, 0.2) is 61.1 Å². The van der Waals surface area contributed by atoms with Crippen molar-refractivity contribution >= 4 is 36.0 Å². The van der Waals surface area contributed by atoms with Crippen molar-refractivity contribution in [3.05, 3.63) is 77.7 Å². The first-order valence-corrected chi connectivity index (χ1v) is 9.30. The fraction of sp³-hybridized carbons (Fsp3) is 0.227. The van der Waals surface area contributed by atoms with E-state index in [-0.39, 0.29) is 12.4 Å². The molecule has 0 saturated carbocycles. The van der Waals surface area contributed by atoms with Crippen LogP contribution in [0.1, 0.15) is 29.5 Å². The summed E-state index contributed by atoms with van der Waals surface area (Å²) in [4.78, 5) is 22.3. The van der Waals surface area contributed by atoms with Gasteiger partial charge in [-0.15, -0.1) is 12.4 Å². The second-order valence-corrected chi connectivity index (χ2v) is 6.68. The maximum absolute atomic E-state index is 12.1. The average molecular weight is 395 g/mol. The molecule has 144 valence electrons. The van der Waals surface area contributed by atoms with E-state index in [0.29, 0.717) is 12.4 Å². The topological polar surface area (TPSA) is 58.1 Å². The molecule has 5 nitrogen and oxygen atoms in total. The lowest BCUT2D eigenvalue weighted by molar-refractivity contribution is -0.106. The second-order valence-electron chi connectivity index (χ2n) is 6.68. The maximum atomic E-state index is 12.1. The quantitative estimate of drug-likeness (QED) is 0.616. The van der Waals surface area contributed by atoms with Crippen molar-refractivity contribution in [2.45, 2.75) is 32.2 Å². The first kappa shape index (κ1) is 19.8. The molecule has 0 fully saturated rings. The molecule has 2 heterocycles. The monoisotopic (exact) mass is 394 g/mol. The largest absolute Gasteiger partial charge is 0.364 e. The highest BCUT2D eigenvalue weighted by Crippen LogP contribution is 2.36. The summed E-state index contributed by atoms with van der Waals surface area (Å²) in [6.45, 7) is 0.617. The van der Waals surface area contributed by atoms with Gasteiger partial charge in [0, 0.05) is 25.1 Å². The molecule has 1 N–H and O–H groups in total. The number of carbonyl (C=O) groups is 1. The van der Waals surface area contributed by atoms with Crippen molar-refractivity contribution in [1.29, 1.82) is 0 Å². The molecule has 1 aliphatic rings.